The van der Waals surface area contributed by atoms with Crippen molar-refractivity contribution in [3.05, 3.63) is 29.3 Å². The molecule has 1 aliphatic carbocycles. The molecule has 5 heteroatoms. The van der Waals surface area contributed by atoms with Crippen molar-refractivity contribution in [2.75, 3.05) is 18.0 Å². The van der Waals surface area contributed by atoms with Gasteiger partial charge in [-0.25, -0.2) is 0 Å². The third-order valence-electron chi connectivity index (χ3n) is 5.06. The fourth-order valence-corrected chi connectivity index (χ4v) is 3.65. The average molecular weight is 316 g/mol. The van der Waals surface area contributed by atoms with Crippen molar-refractivity contribution in [2.45, 2.75) is 51.0 Å². The summed E-state index contributed by atoms with van der Waals surface area (Å²) in [5.41, 5.74) is 2.27. The van der Waals surface area contributed by atoms with E-state index in [0.717, 1.165) is 42.5 Å². The van der Waals surface area contributed by atoms with Crippen molar-refractivity contribution in [3.8, 4) is 0 Å². The second-order valence-corrected chi connectivity index (χ2v) is 6.75. The molecule has 23 heavy (non-hydrogen) atoms. The first-order valence-corrected chi connectivity index (χ1v) is 8.41. The van der Waals surface area contributed by atoms with E-state index in [4.69, 9.17) is 0 Å². The number of nitrogens with zero attached hydrogens (tertiary/aromatic N) is 1. The Kier molecular flexibility index (Phi) is 4.39. The van der Waals surface area contributed by atoms with Crippen LogP contribution in [0.4, 0.5) is 5.69 Å². The molecule has 0 bridgehead atoms. The lowest BCUT2D eigenvalue weighted by molar-refractivity contribution is -0.138. The number of fused-ring (bicyclic) bond motifs is 1. The number of aryl methyl sites for hydroxylation is 1. The zero-order valence-corrected chi connectivity index (χ0v) is 13.6. The smallest absolute Gasteiger partial charge is 0.316 e. The number of carbonyl (C=O) groups is 2. The predicted octanol–water partition coefficient (Wildman–Crippen LogP) is 1.70. The molecule has 1 aliphatic heterocycles. The van der Waals surface area contributed by atoms with Crippen molar-refractivity contribution in [3.63, 3.8) is 0 Å². The summed E-state index contributed by atoms with van der Waals surface area (Å²) < 4.78 is 0. The van der Waals surface area contributed by atoms with E-state index >= 15 is 0 Å². The molecule has 2 N–H and O–H groups in total. The Morgan fingerprint density at radius 2 is 2.00 bits per heavy atom. The highest BCUT2D eigenvalue weighted by molar-refractivity contribution is 6.40. The predicted molar refractivity (Wildman–Crippen MR) is 88.3 cm³/mol. The summed E-state index contributed by atoms with van der Waals surface area (Å²) in [5, 5.41) is 13.1. The summed E-state index contributed by atoms with van der Waals surface area (Å²) in [6.07, 6.45) is 5.22. The van der Waals surface area contributed by atoms with Crippen molar-refractivity contribution in [2.24, 2.45) is 0 Å². The molecule has 0 unspecified atom stereocenters. The van der Waals surface area contributed by atoms with E-state index in [0.29, 0.717) is 19.4 Å². The molecule has 0 spiro atoms. The Labute approximate surface area is 136 Å². The van der Waals surface area contributed by atoms with Gasteiger partial charge in [-0.1, -0.05) is 31.4 Å². The average Bonchev–Trinajstić information content (AvgIpc) is 2.98. The lowest BCUT2D eigenvalue weighted by Gasteiger charge is -2.32. The van der Waals surface area contributed by atoms with Gasteiger partial charge in [0.25, 0.3) is 0 Å². The fraction of sp³-hybridized carbons (Fsp3) is 0.556. The third kappa shape index (κ3) is 3.24. The number of hydrogen-bond donors (Lipinski definition) is 2. The molecule has 0 radical (unpaired) electrons. The Morgan fingerprint density at radius 3 is 2.74 bits per heavy atom. The number of amides is 2. The van der Waals surface area contributed by atoms with Gasteiger partial charge in [0.1, 0.15) is 0 Å². The molecule has 2 amide bonds. The Morgan fingerprint density at radius 1 is 1.26 bits per heavy atom. The molecular formula is C18H24N2O3. The quantitative estimate of drug-likeness (QED) is 0.816. The zero-order chi connectivity index (χ0) is 16.4. The van der Waals surface area contributed by atoms with Crippen LogP contribution >= 0.6 is 0 Å². The maximum absolute atomic E-state index is 12.4. The summed E-state index contributed by atoms with van der Waals surface area (Å²) in [6, 6.07) is 5.81. The van der Waals surface area contributed by atoms with Gasteiger partial charge in [-0.15, -0.1) is 0 Å². The van der Waals surface area contributed by atoms with Crippen molar-refractivity contribution >= 4 is 17.5 Å². The maximum atomic E-state index is 12.4. The summed E-state index contributed by atoms with van der Waals surface area (Å²) in [6.45, 7) is 2.72. The lowest BCUT2D eigenvalue weighted by atomic mass is 9.85. The van der Waals surface area contributed by atoms with Crippen LogP contribution in [0.15, 0.2) is 18.2 Å². The number of rotatable bonds is 2. The molecule has 0 saturated heterocycles. The van der Waals surface area contributed by atoms with Crippen LogP contribution in [0, 0.1) is 6.92 Å². The van der Waals surface area contributed by atoms with Crippen LogP contribution in [-0.4, -0.2) is 35.6 Å². The van der Waals surface area contributed by atoms with Crippen LogP contribution in [0.1, 0.15) is 43.2 Å². The molecule has 1 heterocycles. The van der Waals surface area contributed by atoms with Crippen molar-refractivity contribution in [1.29, 1.82) is 0 Å². The van der Waals surface area contributed by atoms with Crippen LogP contribution in [0.5, 0.6) is 0 Å². The minimum atomic E-state index is -0.853. The number of nitrogens with one attached hydrogen (secondary N) is 1. The standard InChI is InChI=1S/C18H24N2O3/c1-13-6-5-7-15-14(13)8-11-20(15)17(22)16(21)19-12-18(23)9-3-2-4-10-18/h5-7,23H,2-4,8-12H2,1H3,(H,19,21). The zero-order valence-electron chi connectivity index (χ0n) is 13.6. The van der Waals surface area contributed by atoms with Crippen LogP contribution in [0.25, 0.3) is 0 Å². The summed E-state index contributed by atoms with van der Waals surface area (Å²) >= 11 is 0. The van der Waals surface area contributed by atoms with Crippen LogP contribution in [0.3, 0.4) is 0 Å². The largest absolute Gasteiger partial charge is 0.388 e. The number of hydrogen-bond acceptors (Lipinski definition) is 3. The lowest BCUT2D eigenvalue weighted by Crippen LogP contribution is -2.49. The number of benzene rings is 1. The van der Waals surface area contributed by atoms with Crippen molar-refractivity contribution in [1.82, 2.24) is 5.32 Å². The van der Waals surface area contributed by atoms with Gasteiger partial charge in [-0.3, -0.25) is 9.59 Å². The maximum Gasteiger partial charge on any atom is 0.316 e. The molecule has 0 aromatic heterocycles. The Hall–Kier alpha value is -1.88. The van der Waals surface area contributed by atoms with E-state index in [-0.39, 0.29) is 6.54 Å². The first kappa shape index (κ1) is 16.0. The highest BCUT2D eigenvalue weighted by Gasteiger charge is 2.33. The van der Waals surface area contributed by atoms with Crippen molar-refractivity contribution < 1.29 is 14.7 Å². The monoisotopic (exact) mass is 316 g/mol. The second-order valence-electron chi connectivity index (χ2n) is 6.75. The second kappa shape index (κ2) is 6.32. The Balaban J connectivity index is 1.63. The van der Waals surface area contributed by atoms with Gasteiger partial charge in [-0.05, 0) is 43.4 Å². The molecule has 1 fully saturated rings. The third-order valence-corrected chi connectivity index (χ3v) is 5.06. The first-order valence-electron chi connectivity index (χ1n) is 8.41. The molecule has 2 aliphatic rings. The summed E-state index contributed by atoms with van der Waals surface area (Å²) in [4.78, 5) is 26.2. The number of aliphatic hydroxyl groups is 1. The molecule has 1 aromatic rings. The van der Waals surface area contributed by atoms with Crippen LogP contribution < -0.4 is 10.2 Å². The topological polar surface area (TPSA) is 69.6 Å². The van der Waals surface area contributed by atoms with Gasteiger partial charge in [0.2, 0.25) is 0 Å². The van der Waals surface area contributed by atoms with Gasteiger partial charge in [0.05, 0.1) is 5.60 Å². The fourth-order valence-electron chi connectivity index (χ4n) is 3.65. The van der Waals surface area contributed by atoms with E-state index < -0.39 is 17.4 Å². The number of carbonyl (C=O) groups excluding carboxylic acids is 2. The molecule has 1 saturated carbocycles. The minimum absolute atomic E-state index is 0.159. The van der Waals surface area contributed by atoms with E-state index in [1.165, 1.54) is 0 Å². The molecule has 5 nitrogen and oxygen atoms in total. The highest BCUT2D eigenvalue weighted by Crippen LogP contribution is 2.30. The van der Waals surface area contributed by atoms with E-state index in [1.807, 2.05) is 25.1 Å². The van der Waals surface area contributed by atoms with Gasteiger partial charge in [0.15, 0.2) is 0 Å². The summed E-state index contributed by atoms with van der Waals surface area (Å²) in [7, 11) is 0. The highest BCUT2D eigenvalue weighted by atomic mass is 16.3. The van der Waals surface area contributed by atoms with E-state index in [1.54, 1.807) is 4.90 Å². The summed E-state index contributed by atoms with van der Waals surface area (Å²) in [5.74, 6) is -1.16. The molecule has 1 aromatic carbocycles. The molecule has 3 rings (SSSR count). The molecular weight excluding hydrogens is 292 g/mol. The molecule has 0 atom stereocenters. The normalized spacial score (nSPS) is 19.3. The van der Waals surface area contributed by atoms with E-state index in [2.05, 4.69) is 5.32 Å². The van der Waals surface area contributed by atoms with Crippen LogP contribution in [0.2, 0.25) is 0 Å². The number of anilines is 1. The first-order chi connectivity index (χ1) is 11.0. The van der Waals surface area contributed by atoms with Crippen LogP contribution in [-0.2, 0) is 16.0 Å². The van der Waals surface area contributed by atoms with E-state index in [9.17, 15) is 14.7 Å². The van der Waals surface area contributed by atoms with Gasteiger partial charge >= 0.3 is 11.8 Å². The SMILES string of the molecule is Cc1cccc2c1CCN2C(=O)C(=O)NCC1(O)CCCCC1. The van der Waals surface area contributed by atoms with Gasteiger partial charge in [0, 0.05) is 18.8 Å². The Bertz CT molecular complexity index is 621. The minimum Gasteiger partial charge on any atom is -0.388 e. The van der Waals surface area contributed by atoms with Gasteiger partial charge < -0.3 is 15.3 Å². The van der Waals surface area contributed by atoms with Gasteiger partial charge in [-0.2, -0.15) is 0 Å². The molecule has 124 valence electrons.